The molecule has 1 aliphatic carbocycles. The van der Waals surface area contributed by atoms with Crippen molar-refractivity contribution < 1.29 is 9.53 Å². The van der Waals surface area contributed by atoms with Gasteiger partial charge in [0.15, 0.2) is 0 Å². The molecule has 1 aromatic heterocycles. The normalized spacial score (nSPS) is 31.7. The van der Waals surface area contributed by atoms with E-state index in [1.807, 2.05) is 12.4 Å². The fourth-order valence-corrected chi connectivity index (χ4v) is 3.58. The summed E-state index contributed by atoms with van der Waals surface area (Å²) in [5, 5.41) is 3.07. The van der Waals surface area contributed by atoms with Crippen LogP contribution >= 0.6 is 0 Å². The first-order valence-corrected chi connectivity index (χ1v) is 8.35. The quantitative estimate of drug-likeness (QED) is 0.912. The number of aromatic nitrogens is 1. The van der Waals surface area contributed by atoms with Crippen molar-refractivity contribution >= 4 is 5.91 Å². The molecule has 1 saturated carbocycles. The third-order valence-electron chi connectivity index (χ3n) is 5.01. The van der Waals surface area contributed by atoms with Gasteiger partial charge in [-0.15, -0.1) is 0 Å². The van der Waals surface area contributed by atoms with E-state index in [-0.39, 0.29) is 18.1 Å². The van der Waals surface area contributed by atoms with E-state index in [1.165, 1.54) is 5.56 Å². The molecule has 3 aliphatic rings. The Labute approximate surface area is 131 Å². The lowest BCUT2D eigenvalue weighted by atomic mass is 9.91. The van der Waals surface area contributed by atoms with Gasteiger partial charge in [-0.1, -0.05) is 0 Å². The number of hydrogen-bond donors (Lipinski definition) is 1. The van der Waals surface area contributed by atoms with Crippen molar-refractivity contribution in [2.45, 2.75) is 50.5 Å². The van der Waals surface area contributed by atoms with Crippen LogP contribution in [0.3, 0.4) is 0 Å². The van der Waals surface area contributed by atoms with Crippen LogP contribution in [0.15, 0.2) is 24.5 Å². The first-order chi connectivity index (χ1) is 10.8. The first kappa shape index (κ1) is 14.2. The Balaban J connectivity index is 1.32. The fourth-order valence-electron chi connectivity index (χ4n) is 3.58. The average Bonchev–Trinajstić information content (AvgIpc) is 3.24. The minimum absolute atomic E-state index is 0.109. The van der Waals surface area contributed by atoms with Crippen LogP contribution in [-0.4, -0.2) is 47.1 Å². The highest BCUT2D eigenvalue weighted by Gasteiger charge is 2.42. The molecule has 3 atom stereocenters. The number of carbonyl (C=O) groups excluding carboxylic acids is 1. The van der Waals surface area contributed by atoms with Crippen molar-refractivity contribution in [2.75, 3.05) is 13.1 Å². The zero-order valence-corrected chi connectivity index (χ0v) is 12.8. The summed E-state index contributed by atoms with van der Waals surface area (Å²) in [7, 11) is 0. The highest BCUT2D eigenvalue weighted by atomic mass is 16.5. The standard InChI is InChI=1S/C17H23N3O2/c21-17(19-14-1-2-14)15-9-13-5-8-20(11-16(13)22-15)10-12-3-6-18-7-4-12/h3-4,6-7,13-16H,1-2,5,8-11H2,(H,19,21)/t13-,15-,16+/m0/s1. The van der Waals surface area contributed by atoms with Crippen LogP contribution in [-0.2, 0) is 16.1 Å². The number of likely N-dealkylation sites (tertiary alicyclic amines) is 1. The van der Waals surface area contributed by atoms with Gasteiger partial charge < -0.3 is 10.1 Å². The monoisotopic (exact) mass is 301 g/mol. The van der Waals surface area contributed by atoms with Gasteiger partial charge in [0.1, 0.15) is 6.10 Å². The molecule has 0 bridgehead atoms. The number of rotatable bonds is 4. The summed E-state index contributed by atoms with van der Waals surface area (Å²) in [6, 6.07) is 4.54. The van der Waals surface area contributed by atoms with Gasteiger partial charge in [0.2, 0.25) is 5.91 Å². The lowest BCUT2D eigenvalue weighted by Gasteiger charge is -2.34. The second kappa shape index (κ2) is 5.97. The lowest BCUT2D eigenvalue weighted by molar-refractivity contribution is -0.133. The van der Waals surface area contributed by atoms with E-state index < -0.39 is 0 Å². The van der Waals surface area contributed by atoms with Gasteiger partial charge in [0.25, 0.3) is 0 Å². The smallest absolute Gasteiger partial charge is 0.249 e. The summed E-state index contributed by atoms with van der Waals surface area (Å²) in [6.45, 7) is 2.96. The molecule has 0 spiro atoms. The maximum absolute atomic E-state index is 12.2. The van der Waals surface area contributed by atoms with Gasteiger partial charge in [-0.2, -0.15) is 0 Å². The molecule has 1 amide bonds. The van der Waals surface area contributed by atoms with E-state index in [9.17, 15) is 4.79 Å². The molecule has 2 aliphatic heterocycles. The van der Waals surface area contributed by atoms with E-state index in [4.69, 9.17) is 4.74 Å². The van der Waals surface area contributed by atoms with E-state index in [0.717, 1.165) is 45.3 Å². The Morgan fingerprint density at radius 1 is 1.32 bits per heavy atom. The van der Waals surface area contributed by atoms with Crippen molar-refractivity contribution in [2.24, 2.45) is 5.92 Å². The molecule has 1 aromatic rings. The molecule has 3 fully saturated rings. The van der Waals surface area contributed by atoms with E-state index in [2.05, 4.69) is 27.3 Å². The van der Waals surface area contributed by atoms with Gasteiger partial charge in [0, 0.05) is 31.5 Å². The highest BCUT2D eigenvalue weighted by molar-refractivity contribution is 5.81. The predicted molar refractivity (Wildman–Crippen MR) is 82.1 cm³/mol. The van der Waals surface area contributed by atoms with Crippen molar-refractivity contribution in [3.63, 3.8) is 0 Å². The fraction of sp³-hybridized carbons (Fsp3) is 0.647. The van der Waals surface area contributed by atoms with Crippen LogP contribution in [0.2, 0.25) is 0 Å². The molecular formula is C17H23N3O2. The number of hydrogen-bond acceptors (Lipinski definition) is 4. The Morgan fingerprint density at radius 2 is 2.14 bits per heavy atom. The number of nitrogens with zero attached hydrogens (tertiary/aromatic N) is 2. The van der Waals surface area contributed by atoms with E-state index in [1.54, 1.807) is 0 Å². The molecule has 2 saturated heterocycles. The van der Waals surface area contributed by atoms with Gasteiger partial charge in [-0.3, -0.25) is 14.7 Å². The molecule has 0 radical (unpaired) electrons. The third kappa shape index (κ3) is 3.15. The largest absolute Gasteiger partial charge is 0.364 e. The summed E-state index contributed by atoms with van der Waals surface area (Å²) < 4.78 is 6.06. The van der Waals surface area contributed by atoms with E-state index >= 15 is 0 Å². The number of pyridine rings is 1. The topological polar surface area (TPSA) is 54.5 Å². The zero-order valence-electron chi connectivity index (χ0n) is 12.8. The third-order valence-corrected chi connectivity index (χ3v) is 5.01. The number of amides is 1. The van der Waals surface area contributed by atoms with Crippen molar-refractivity contribution in [1.82, 2.24) is 15.2 Å². The molecule has 22 heavy (non-hydrogen) atoms. The first-order valence-electron chi connectivity index (χ1n) is 8.35. The molecule has 3 heterocycles. The van der Waals surface area contributed by atoms with Crippen LogP contribution in [0.25, 0.3) is 0 Å². The second-order valence-corrected chi connectivity index (χ2v) is 6.82. The summed E-state index contributed by atoms with van der Waals surface area (Å²) in [5.41, 5.74) is 1.29. The van der Waals surface area contributed by atoms with Crippen molar-refractivity contribution in [3.8, 4) is 0 Å². The SMILES string of the molecule is O=C(NC1CC1)[C@@H]1C[C@@H]2CCN(Cc3ccncc3)C[C@H]2O1. The van der Waals surface area contributed by atoms with Crippen LogP contribution < -0.4 is 5.32 Å². The molecule has 0 aromatic carbocycles. The van der Waals surface area contributed by atoms with Crippen LogP contribution in [0.5, 0.6) is 0 Å². The Hall–Kier alpha value is -1.46. The summed E-state index contributed by atoms with van der Waals surface area (Å²) >= 11 is 0. The summed E-state index contributed by atoms with van der Waals surface area (Å²) in [4.78, 5) is 18.6. The highest BCUT2D eigenvalue weighted by Crippen LogP contribution is 2.34. The maximum atomic E-state index is 12.2. The molecule has 5 nitrogen and oxygen atoms in total. The summed E-state index contributed by atoms with van der Waals surface area (Å²) in [6.07, 6.45) is 7.95. The van der Waals surface area contributed by atoms with Gasteiger partial charge in [0.05, 0.1) is 6.10 Å². The van der Waals surface area contributed by atoms with Gasteiger partial charge in [-0.05, 0) is 55.8 Å². The summed E-state index contributed by atoms with van der Waals surface area (Å²) in [5.74, 6) is 0.654. The van der Waals surface area contributed by atoms with Gasteiger partial charge >= 0.3 is 0 Å². The Morgan fingerprint density at radius 3 is 2.91 bits per heavy atom. The number of piperidine rings is 1. The molecule has 1 N–H and O–H groups in total. The Kier molecular flexibility index (Phi) is 3.84. The van der Waals surface area contributed by atoms with Crippen molar-refractivity contribution in [3.05, 3.63) is 30.1 Å². The number of nitrogens with one attached hydrogen (secondary N) is 1. The van der Waals surface area contributed by atoms with Crippen LogP contribution in [0.4, 0.5) is 0 Å². The maximum Gasteiger partial charge on any atom is 0.249 e. The average molecular weight is 301 g/mol. The van der Waals surface area contributed by atoms with Crippen LogP contribution in [0, 0.1) is 5.92 Å². The van der Waals surface area contributed by atoms with Gasteiger partial charge in [-0.25, -0.2) is 0 Å². The second-order valence-electron chi connectivity index (χ2n) is 6.82. The predicted octanol–water partition coefficient (Wildman–Crippen LogP) is 1.34. The zero-order chi connectivity index (χ0) is 14.9. The number of carbonyl (C=O) groups is 1. The number of fused-ring (bicyclic) bond motifs is 1. The van der Waals surface area contributed by atoms with Crippen LogP contribution in [0.1, 0.15) is 31.2 Å². The lowest BCUT2D eigenvalue weighted by Crippen LogP contribution is -2.42. The molecule has 118 valence electrons. The Bertz CT molecular complexity index is 532. The van der Waals surface area contributed by atoms with Crippen molar-refractivity contribution in [1.29, 1.82) is 0 Å². The molecular weight excluding hydrogens is 278 g/mol. The minimum Gasteiger partial charge on any atom is -0.364 e. The molecule has 0 unspecified atom stereocenters. The number of ether oxygens (including phenoxy) is 1. The molecule has 5 heteroatoms. The van der Waals surface area contributed by atoms with E-state index in [0.29, 0.717) is 12.0 Å². The minimum atomic E-state index is -0.225. The molecule has 4 rings (SSSR count).